The number of nitrogens with zero attached hydrogens (tertiary/aromatic N) is 6. The minimum Gasteiger partial charge on any atom is -0.371 e. The van der Waals surface area contributed by atoms with Crippen molar-refractivity contribution in [2.24, 2.45) is 0 Å². The van der Waals surface area contributed by atoms with Gasteiger partial charge in [-0.05, 0) is 111 Å². The minimum absolute atomic E-state index is 0.0814. The summed E-state index contributed by atoms with van der Waals surface area (Å²) in [7, 11) is 2.06. The topological polar surface area (TPSA) is 170 Å². The number of hydrogen-bond acceptors (Lipinski definition) is 11. The van der Waals surface area contributed by atoms with Crippen LogP contribution in [0.15, 0.2) is 97.5 Å². The Morgan fingerprint density at radius 1 is 0.895 bits per heavy atom. The van der Waals surface area contributed by atoms with Gasteiger partial charge in [-0.2, -0.15) is 0 Å². The Labute approximate surface area is 329 Å². The van der Waals surface area contributed by atoms with E-state index in [1.54, 1.807) is 30.7 Å². The first kappa shape index (κ1) is 37.1. The monoisotopic (exact) mass is 763 g/mol. The van der Waals surface area contributed by atoms with Crippen LogP contribution in [0.2, 0.25) is 0 Å². The molecule has 0 bridgehead atoms. The van der Waals surface area contributed by atoms with Gasteiger partial charge in [-0.1, -0.05) is 12.1 Å². The maximum atomic E-state index is 13.3. The lowest BCUT2D eigenvalue weighted by molar-refractivity contribution is -0.136. The maximum Gasteiger partial charge on any atom is 0.262 e. The molecule has 2 saturated heterocycles. The van der Waals surface area contributed by atoms with Gasteiger partial charge in [0.25, 0.3) is 17.7 Å². The quantitative estimate of drug-likeness (QED) is 0.157. The van der Waals surface area contributed by atoms with Crippen molar-refractivity contribution in [2.75, 3.05) is 35.7 Å². The number of carbonyl (C=O) groups is 5. The molecule has 8 rings (SSSR count). The van der Waals surface area contributed by atoms with Crippen LogP contribution in [0, 0.1) is 6.92 Å². The molecule has 0 aliphatic carbocycles. The van der Waals surface area contributed by atoms with E-state index in [4.69, 9.17) is 0 Å². The second-order valence-electron chi connectivity index (χ2n) is 14.6. The molecule has 5 heterocycles. The highest BCUT2D eigenvalue weighted by Crippen LogP contribution is 2.30. The van der Waals surface area contributed by atoms with Gasteiger partial charge in [-0.25, -0.2) is 9.97 Å². The Kier molecular flexibility index (Phi) is 10.3. The second-order valence-corrected chi connectivity index (χ2v) is 14.6. The summed E-state index contributed by atoms with van der Waals surface area (Å²) in [6.07, 6.45) is 7.21. The molecular weight excluding hydrogens is 723 g/mol. The standard InChI is InChI=1S/C43H41N9O5/c1-26-5-9-30(23-36(26)48-43-45-19-15-35(47-43)29-4-3-18-44-24-29)46-39(54)28-7-10-32(11-8-28)51-20-16-31(17-21-51)50(2)25-27-6-12-33-34(22-27)42(57)52(41(33)56)37-13-14-38(53)49-40(37)55/h3-12,15,18-19,22-24,31,37H,13-14,16-17,20-21,25H2,1-2H3,(H,46,54)(H,45,47,48)(H,49,53,55). The van der Waals surface area contributed by atoms with Crippen LogP contribution in [0.1, 0.15) is 67.9 Å². The molecule has 3 aliphatic rings. The lowest BCUT2D eigenvalue weighted by atomic mass is 10.0. The highest BCUT2D eigenvalue weighted by Gasteiger charge is 2.44. The van der Waals surface area contributed by atoms with Crippen LogP contribution >= 0.6 is 0 Å². The van der Waals surface area contributed by atoms with Crippen molar-refractivity contribution < 1.29 is 24.0 Å². The first-order valence-electron chi connectivity index (χ1n) is 18.9. The molecule has 14 nitrogen and oxygen atoms in total. The summed E-state index contributed by atoms with van der Waals surface area (Å²) in [5, 5.41) is 8.53. The predicted octanol–water partition coefficient (Wildman–Crippen LogP) is 5.34. The van der Waals surface area contributed by atoms with Gasteiger partial charge in [0, 0.05) is 78.9 Å². The zero-order chi connectivity index (χ0) is 39.6. The average molecular weight is 764 g/mol. The zero-order valence-electron chi connectivity index (χ0n) is 31.6. The van der Waals surface area contributed by atoms with E-state index in [9.17, 15) is 24.0 Å². The Morgan fingerprint density at radius 2 is 1.68 bits per heavy atom. The van der Waals surface area contributed by atoms with Crippen molar-refractivity contribution in [3.63, 3.8) is 0 Å². The number of fused-ring (bicyclic) bond motifs is 1. The van der Waals surface area contributed by atoms with E-state index in [-0.39, 0.29) is 29.9 Å². The molecule has 1 atom stereocenters. The third-order valence-corrected chi connectivity index (χ3v) is 10.9. The molecule has 0 radical (unpaired) electrons. The fraction of sp³-hybridized carbons (Fsp3) is 0.256. The average Bonchev–Trinajstić information content (AvgIpc) is 3.47. The number of benzene rings is 3. The van der Waals surface area contributed by atoms with Crippen LogP contribution in [-0.4, -0.2) is 86.5 Å². The second kappa shape index (κ2) is 15.7. The molecule has 3 N–H and O–H groups in total. The summed E-state index contributed by atoms with van der Waals surface area (Å²) in [5.74, 6) is -1.81. The first-order valence-corrected chi connectivity index (χ1v) is 18.9. The number of rotatable bonds is 10. The van der Waals surface area contributed by atoms with Gasteiger partial charge in [0.2, 0.25) is 17.8 Å². The van der Waals surface area contributed by atoms with Crippen molar-refractivity contribution in [1.82, 2.24) is 30.1 Å². The highest BCUT2D eigenvalue weighted by molar-refractivity contribution is 6.23. The van der Waals surface area contributed by atoms with Gasteiger partial charge in [0.1, 0.15) is 6.04 Å². The molecule has 5 aromatic rings. The fourth-order valence-electron chi connectivity index (χ4n) is 7.67. The summed E-state index contributed by atoms with van der Waals surface area (Å²) < 4.78 is 0. The molecule has 2 aromatic heterocycles. The van der Waals surface area contributed by atoms with Gasteiger partial charge in [-0.3, -0.25) is 44.1 Å². The molecule has 2 fully saturated rings. The number of nitrogens with one attached hydrogen (secondary N) is 3. The lowest BCUT2D eigenvalue weighted by Crippen LogP contribution is -2.54. The molecule has 57 heavy (non-hydrogen) atoms. The predicted molar refractivity (Wildman–Crippen MR) is 214 cm³/mol. The van der Waals surface area contributed by atoms with Crippen molar-refractivity contribution in [1.29, 1.82) is 0 Å². The van der Waals surface area contributed by atoms with E-state index in [0.29, 0.717) is 29.8 Å². The molecule has 1 unspecified atom stereocenters. The van der Waals surface area contributed by atoms with Gasteiger partial charge >= 0.3 is 0 Å². The summed E-state index contributed by atoms with van der Waals surface area (Å²) in [6, 6.07) is 23.5. The third kappa shape index (κ3) is 7.85. The van der Waals surface area contributed by atoms with Crippen LogP contribution in [0.3, 0.4) is 0 Å². The molecule has 14 heteroatoms. The Balaban J connectivity index is 0.839. The Bertz CT molecular complexity index is 2380. The first-order chi connectivity index (χ1) is 27.6. The van der Waals surface area contributed by atoms with Crippen molar-refractivity contribution in [2.45, 2.75) is 51.2 Å². The van der Waals surface area contributed by atoms with Crippen LogP contribution in [0.4, 0.5) is 23.0 Å². The van der Waals surface area contributed by atoms with Gasteiger partial charge in [0.05, 0.1) is 16.8 Å². The van der Waals surface area contributed by atoms with Crippen molar-refractivity contribution in [3.8, 4) is 11.3 Å². The maximum absolute atomic E-state index is 13.3. The van der Waals surface area contributed by atoms with Crippen LogP contribution in [-0.2, 0) is 16.1 Å². The van der Waals surface area contributed by atoms with Crippen LogP contribution in [0.25, 0.3) is 11.3 Å². The largest absolute Gasteiger partial charge is 0.371 e. The van der Waals surface area contributed by atoms with E-state index in [2.05, 4.69) is 47.7 Å². The van der Waals surface area contributed by atoms with Crippen molar-refractivity contribution in [3.05, 3.63) is 125 Å². The van der Waals surface area contributed by atoms with Crippen molar-refractivity contribution >= 4 is 52.5 Å². The van der Waals surface area contributed by atoms with E-state index >= 15 is 0 Å². The van der Waals surface area contributed by atoms with Gasteiger partial charge in [-0.15, -0.1) is 0 Å². The van der Waals surface area contributed by atoms with E-state index in [1.165, 1.54) is 0 Å². The minimum atomic E-state index is -0.986. The molecule has 0 spiro atoms. The van der Waals surface area contributed by atoms with E-state index < -0.39 is 29.7 Å². The molecule has 0 saturated carbocycles. The SMILES string of the molecule is Cc1ccc(NC(=O)c2ccc(N3CCC(N(C)Cc4ccc5c(c4)C(=O)N(C4CCC(=O)NC4=O)C5=O)CC3)cc2)cc1Nc1nccc(-c2cccnc2)n1. The van der Waals surface area contributed by atoms with Crippen LogP contribution in [0.5, 0.6) is 0 Å². The zero-order valence-corrected chi connectivity index (χ0v) is 31.6. The summed E-state index contributed by atoms with van der Waals surface area (Å²) in [6.45, 7) is 4.24. The molecular formula is C43H41N9O5. The molecule has 3 aliphatic heterocycles. The number of piperidine rings is 2. The Morgan fingerprint density at radius 3 is 2.44 bits per heavy atom. The van der Waals surface area contributed by atoms with Gasteiger partial charge < -0.3 is 15.5 Å². The summed E-state index contributed by atoms with van der Waals surface area (Å²) in [4.78, 5) is 82.5. The lowest BCUT2D eigenvalue weighted by Gasteiger charge is -2.38. The smallest absolute Gasteiger partial charge is 0.262 e. The number of aryl methyl sites for hydroxylation is 1. The fourth-order valence-corrected chi connectivity index (χ4v) is 7.67. The normalized spacial score (nSPS) is 17.1. The molecule has 5 amide bonds. The summed E-state index contributed by atoms with van der Waals surface area (Å²) >= 11 is 0. The van der Waals surface area contributed by atoms with E-state index in [1.807, 2.05) is 73.7 Å². The number of aromatic nitrogens is 3. The van der Waals surface area contributed by atoms with Crippen LogP contribution < -0.4 is 20.9 Å². The number of pyridine rings is 1. The number of hydrogen-bond donors (Lipinski definition) is 3. The Hall–Kier alpha value is -6.80. The number of amides is 5. The molecule has 3 aromatic carbocycles. The highest BCUT2D eigenvalue weighted by atomic mass is 16.2. The van der Waals surface area contributed by atoms with Gasteiger partial charge in [0.15, 0.2) is 0 Å². The number of carbonyl (C=O) groups excluding carboxylic acids is 5. The van der Waals surface area contributed by atoms with E-state index in [0.717, 1.165) is 64.6 Å². The number of anilines is 4. The third-order valence-electron chi connectivity index (χ3n) is 10.9. The summed E-state index contributed by atoms with van der Waals surface area (Å²) in [5.41, 5.74) is 7.08. The molecule has 288 valence electrons. The number of imide groups is 2.